The number of hydrogen-bond acceptors (Lipinski definition) is 4. The molecule has 1 aromatic rings. The zero-order chi connectivity index (χ0) is 15.9. The van der Waals surface area contributed by atoms with Crippen LogP contribution in [-0.2, 0) is 11.8 Å². The van der Waals surface area contributed by atoms with Crippen molar-refractivity contribution in [2.24, 2.45) is 0 Å². The quantitative estimate of drug-likeness (QED) is 0.629. The highest BCUT2D eigenvalue weighted by Crippen LogP contribution is 2.62. The molecule has 2 aliphatic heterocycles. The molecule has 0 radical (unpaired) electrons. The molecule has 2 heterocycles. The lowest BCUT2D eigenvalue weighted by molar-refractivity contribution is -0.0105. The molecule has 5 unspecified atom stereocenters. The van der Waals surface area contributed by atoms with Gasteiger partial charge in [0.05, 0.1) is 17.9 Å². The van der Waals surface area contributed by atoms with Crippen LogP contribution in [0.25, 0.3) is 0 Å². The SMILES string of the molecule is COc1ccc2c3c1OC1C(O)C(Cl)C=C4C(C2)N(C)CCC431. The third kappa shape index (κ3) is 1.50. The second kappa shape index (κ2) is 4.44. The van der Waals surface area contributed by atoms with E-state index in [1.54, 1.807) is 7.11 Å². The first-order valence-electron chi connectivity index (χ1n) is 8.19. The summed E-state index contributed by atoms with van der Waals surface area (Å²) in [5.41, 5.74) is 3.65. The van der Waals surface area contributed by atoms with Crippen LogP contribution in [0.1, 0.15) is 17.5 Å². The van der Waals surface area contributed by atoms with E-state index in [0.717, 1.165) is 30.9 Å². The molecule has 0 aromatic heterocycles. The Morgan fingerprint density at radius 1 is 1.43 bits per heavy atom. The van der Waals surface area contributed by atoms with Crippen LogP contribution in [0.5, 0.6) is 11.5 Å². The molecular formula is C18H20ClNO3. The lowest BCUT2D eigenvalue weighted by Crippen LogP contribution is -2.63. The monoisotopic (exact) mass is 333 g/mol. The predicted molar refractivity (Wildman–Crippen MR) is 87.6 cm³/mol. The smallest absolute Gasteiger partial charge is 0.166 e. The number of likely N-dealkylation sites (tertiary alicyclic amines) is 1. The van der Waals surface area contributed by atoms with E-state index >= 15 is 0 Å². The molecule has 4 nitrogen and oxygen atoms in total. The minimum atomic E-state index is -0.701. The Morgan fingerprint density at radius 3 is 3.04 bits per heavy atom. The summed E-state index contributed by atoms with van der Waals surface area (Å²) in [6.07, 6.45) is 2.99. The van der Waals surface area contributed by atoms with Crippen LogP contribution >= 0.6 is 11.6 Å². The van der Waals surface area contributed by atoms with Crippen molar-refractivity contribution >= 4 is 11.6 Å². The number of aliphatic hydroxyl groups excluding tert-OH is 1. The Morgan fingerprint density at radius 2 is 2.26 bits per heavy atom. The molecule has 0 amide bonds. The Kier molecular flexibility index (Phi) is 2.73. The van der Waals surface area contributed by atoms with E-state index in [9.17, 15) is 5.11 Å². The van der Waals surface area contributed by atoms with E-state index in [1.807, 2.05) is 6.07 Å². The number of hydrogen-bond donors (Lipinski definition) is 1. The Hall–Kier alpha value is -1.23. The summed E-state index contributed by atoms with van der Waals surface area (Å²) in [6, 6.07) is 4.49. The van der Waals surface area contributed by atoms with E-state index < -0.39 is 11.5 Å². The van der Waals surface area contributed by atoms with E-state index in [-0.39, 0.29) is 11.5 Å². The highest BCUT2D eigenvalue weighted by molar-refractivity contribution is 6.22. The molecule has 2 aliphatic carbocycles. The summed E-state index contributed by atoms with van der Waals surface area (Å²) in [5, 5.41) is 10.3. The summed E-state index contributed by atoms with van der Waals surface area (Å²) in [4.78, 5) is 2.40. The average molecular weight is 334 g/mol. The first kappa shape index (κ1) is 14.1. The minimum Gasteiger partial charge on any atom is -0.493 e. The number of aliphatic hydroxyl groups is 1. The fourth-order valence-corrected chi connectivity index (χ4v) is 5.47. The first-order chi connectivity index (χ1) is 11.1. The van der Waals surface area contributed by atoms with Crippen molar-refractivity contribution in [1.29, 1.82) is 0 Å². The lowest BCUT2D eigenvalue weighted by Gasteiger charge is -2.54. The molecule has 4 aliphatic rings. The van der Waals surface area contributed by atoms with Crippen molar-refractivity contribution in [3.63, 3.8) is 0 Å². The summed E-state index contributed by atoms with van der Waals surface area (Å²) in [6.45, 7) is 0.998. The summed E-state index contributed by atoms with van der Waals surface area (Å²) in [5.74, 6) is 1.57. The molecule has 122 valence electrons. The number of methoxy groups -OCH3 is 1. The van der Waals surface area contributed by atoms with Crippen LogP contribution in [0.2, 0.25) is 0 Å². The first-order valence-corrected chi connectivity index (χ1v) is 8.63. The molecule has 1 fully saturated rings. The maximum atomic E-state index is 10.7. The number of likely N-dealkylation sites (N-methyl/N-ethyl adjacent to an activating group) is 1. The van der Waals surface area contributed by atoms with Crippen molar-refractivity contribution in [2.45, 2.75) is 41.9 Å². The number of nitrogens with zero attached hydrogens (tertiary/aromatic N) is 1. The van der Waals surface area contributed by atoms with Crippen LogP contribution in [0, 0.1) is 0 Å². The van der Waals surface area contributed by atoms with E-state index in [0.29, 0.717) is 6.04 Å². The van der Waals surface area contributed by atoms with Gasteiger partial charge in [0.1, 0.15) is 12.2 Å². The predicted octanol–water partition coefficient (Wildman–Crippen LogP) is 1.86. The number of alkyl halides is 1. The fourth-order valence-electron chi connectivity index (χ4n) is 5.21. The Balaban J connectivity index is 1.84. The maximum absolute atomic E-state index is 10.7. The third-order valence-electron chi connectivity index (χ3n) is 6.26. The van der Waals surface area contributed by atoms with Gasteiger partial charge in [-0.3, -0.25) is 4.90 Å². The number of ether oxygens (including phenoxy) is 2. The van der Waals surface area contributed by atoms with Crippen LogP contribution in [0.4, 0.5) is 0 Å². The zero-order valence-electron chi connectivity index (χ0n) is 13.3. The maximum Gasteiger partial charge on any atom is 0.166 e. The number of halogens is 1. The molecule has 5 atom stereocenters. The second-order valence-electron chi connectivity index (χ2n) is 7.15. The molecule has 1 N–H and O–H groups in total. The molecule has 1 aromatic carbocycles. The highest BCUT2D eigenvalue weighted by Gasteiger charge is 2.63. The molecule has 1 spiro atoms. The Bertz CT molecular complexity index is 733. The van der Waals surface area contributed by atoms with Gasteiger partial charge in [-0.1, -0.05) is 12.1 Å². The van der Waals surface area contributed by atoms with Crippen molar-refractivity contribution in [3.8, 4) is 11.5 Å². The molecule has 0 saturated carbocycles. The molecule has 5 rings (SSSR count). The number of rotatable bonds is 1. The largest absolute Gasteiger partial charge is 0.493 e. The van der Waals surface area contributed by atoms with Crippen LogP contribution in [-0.4, -0.2) is 54.3 Å². The van der Waals surface area contributed by atoms with Gasteiger partial charge in [-0.05, 0) is 43.6 Å². The van der Waals surface area contributed by atoms with Crippen molar-refractivity contribution < 1.29 is 14.6 Å². The molecule has 23 heavy (non-hydrogen) atoms. The van der Waals surface area contributed by atoms with Crippen molar-refractivity contribution in [3.05, 3.63) is 34.9 Å². The zero-order valence-corrected chi connectivity index (χ0v) is 14.0. The standard InChI is InChI=1S/C18H20ClNO3/c1-20-6-5-18-10-8-11(19)15(21)17(18)23-16-13(22-2)4-3-9(14(16)18)7-12(10)20/h3-4,8,11-12,15,17,21H,5-7H2,1-2H3. The minimum absolute atomic E-state index is 0.237. The fraction of sp³-hybridized carbons (Fsp3) is 0.556. The van der Waals surface area contributed by atoms with Crippen LogP contribution in [0.3, 0.4) is 0 Å². The van der Waals surface area contributed by atoms with Crippen LogP contribution in [0.15, 0.2) is 23.8 Å². The molecule has 1 saturated heterocycles. The van der Waals surface area contributed by atoms with Gasteiger partial charge in [0, 0.05) is 11.6 Å². The van der Waals surface area contributed by atoms with Gasteiger partial charge >= 0.3 is 0 Å². The molecule has 2 bridgehead atoms. The van der Waals surface area contributed by atoms with Crippen molar-refractivity contribution in [1.82, 2.24) is 4.90 Å². The van der Waals surface area contributed by atoms with Crippen LogP contribution < -0.4 is 9.47 Å². The van der Waals surface area contributed by atoms with Gasteiger partial charge in [-0.2, -0.15) is 0 Å². The number of piperidine rings is 1. The van der Waals surface area contributed by atoms with E-state index in [4.69, 9.17) is 21.1 Å². The topological polar surface area (TPSA) is 41.9 Å². The summed E-state index contributed by atoms with van der Waals surface area (Å²) in [7, 11) is 3.84. The van der Waals surface area contributed by atoms with Gasteiger partial charge in [-0.25, -0.2) is 0 Å². The van der Waals surface area contributed by atoms with Gasteiger partial charge in [0.2, 0.25) is 0 Å². The van der Waals surface area contributed by atoms with Gasteiger partial charge < -0.3 is 14.6 Å². The second-order valence-corrected chi connectivity index (χ2v) is 7.65. The highest BCUT2D eigenvalue weighted by atomic mass is 35.5. The van der Waals surface area contributed by atoms with E-state index in [1.165, 1.54) is 16.7 Å². The van der Waals surface area contributed by atoms with E-state index in [2.05, 4.69) is 24.1 Å². The third-order valence-corrected chi connectivity index (χ3v) is 6.64. The number of benzene rings is 1. The van der Waals surface area contributed by atoms with Crippen molar-refractivity contribution in [2.75, 3.05) is 20.7 Å². The normalized spacial score (nSPS) is 40.3. The van der Waals surface area contributed by atoms with Gasteiger partial charge in [0.15, 0.2) is 11.5 Å². The summed E-state index contributed by atoms with van der Waals surface area (Å²) < 4.78 is 11.8. The Labute approximate surface area is 140 Å². The average Bonchev–Trinajstić information content (AvgIpc) is 2.89. The molecule has 5 heteroatoms. The van der Waals surface area contributed by atoms with Gasteiger partial charge in [0.25, 0.3) is 0 Å². The summed E-state index contributed by atoms with van der Waals surface area (Å²) >= 11 is 6.44. The molecular weight excluding hydrogens is 314 g/mol. The van der Waals surface area contributed by atoms with Gasteiger partial charge in [-0.15, -0.1) is 11.6 Å². The lowest BCUT2D eigenvalue weighted by atomic mass is 9.56.